The molecule has 0 aromatic heterocycles. The third kappa shape index (κ3) is 13.8. The second kappa shape index (κ2) is 13.9. The van der Waals surface area contributed by atoms with Gasteiger partial charge in [0, 0.05) is 5.38 Å². The molecular weight excluding hydrogens is 232 g/mol. The maximum atomic E-state index is 6.18. The molecule has 1 atom stereocenters. The van der Waals surface area contributed by atoms with E-state index in [2.05, 4.69) is 13.5 Å². The second-order valence-corrected chi connectivity index (χ2v) is 5.30. The molecule has 0 N–H and O–H groups in total. The summed E-state index contributed by atoms with van der Waals surface area (Å²) in [6, 6.07) is 0. The van der Waals surface area contributed by atoms with Gasteiger partial charge in [0.2, 0.25) is 0 Å². The van der Waals surface area contributed by atoms with Crippen LogP contribution in [0.1, 0.15) is 71.1 Å². The molecule has 0 saturated heterocycles. The van der Waals surface area contributed by atoms with Crippen molar-refractivity contribution >= 4 is 11.6 Å². The van der Waals surface area contributed by atoms with Gasteiger partial charge in [-0.3, -0.25) is 0 Å². The van der Waals surface area contributed by atoms with Crippen LogP contribution in [0.4, 0.5) is 0 Å². The van der Waals surface area contributed by atoms with E-state index >= 15 is 0 Å². The lowest BCUT2D eigenvalue weighted by atomic mass is 10.1. The van der Waals surface area contributed by atoms with Crippen LogP contribution in [-0.4, -0.2) is 12.0 Å². The number of hydrogen-bond acceptors (Lipinski definition) is 1. The van der Waals surface area contributed by atoms with Gasteiger partial charge in [0.25, 0.3) is 0 Å². The van der Waals surface area contributed by atoms with Gasteiger partial charge in [-0.1, -0.05) is 64.9 Å². The molecule has 0 radical (unpaired) electrons. The molecule has 0 heterocycles. The Morgan fingerprint density at radius 3 is 2.18 bits per heavy atom. The zero-order valence-electron chi connectivity index (χ0n) is 11.4. The van der Waals surface area contributed by atoms with Crippen LogP contribution in [0, 0.1) is 0 Å². The SMILES string of the molecule is C=COCCC(Cl)CCCCCCCCCC. The first-order valence-corrected chi connectivity index (χ1v) is 7.61. The third-order valence-electron chi connectivity index (χ3n) is 3.04. The Labute approximate surface area is 113 Å². The van der Waals surface area contributed by atoms with Crippen LogP contribution in [-0.2, 0) is 4.74 Å². The van der Waals surface area contributed by atoms with E-state index in [1.807, 2.05) is 0 Å². The quantitative estimate of drug-likeness (QED) is 0.235. The molecular formula is C15H29ClO. The Balaban J connectivity index is 3.08. The summed E-state index contributed by atoms with van der Waals surface area (Å²) in [5, 5.41) is 0.273. The van der Waals surface area contributed by atoms with Gasteiger partial charge in [0.1, 0.15) is 0 Å². The van der Waals surface area contributed by atoms with E-state index in [9.17, 15) is 0 Å². The Morgan fingerprint density at radius 2 is 1.59 bits per heavy atom. The van der Waals surface area contributed by atoms with Crippen molar-refractivity contribution in [3.05, 3.63) is 12.8 Å². The van der Waals surface area contributed by atoms with Crippen molar-refractivity contribution in [1.29, 1.82) is 0 Å². The van der Waals surface area contributed by atoms with Gasteiger partial charge >= 0.3 is 0 Å². The molecule has 0 spiro atoms. The first kappa shape index (κ1) is 16.8. The molecule has 0 fully saturated rings. The van der Waals surface area contributed by atoms with Crippen LogP contribution >= 0.6 is 11.6 Å². The van der Waals surface area contributed by atoms with Crippen molar-refractivity contribution in [2.45, 2.75) is 76.5 Å². The van der Waals surface area contributed by atoms with E-state index in [1.165, 1.54) is 57.6 Å². The van der Waals surface area contributed by atoms with E-state index in [0.29, 0.717) is 6.61 Å². The topological polar surface area (TPSA) is 9.23 Å². The molecule has 0 aliphatic rings. The van der Waals surface area contributed by atoms with Crippen molar-refractivity contribution in [2.24, 2.45) is 0 Å². The number of ether oxygens (including phenoxy) is 1. The van der Waals surface area contributed by atoms with Gasteiger partial charge in [-0.2, -0.15) is 0 Å². The Kier molecular flexibility index (Phi) is 13.8. The number of hydrogen-bond donors (Lipinski definition) is 0. The largest absolute Gasteiger partial charge is 0.502 e. The predicted octanol–water partition coefficient (Wildman–Crippen LogP) is 5.67. The van der Waals surface area contributed by atoms with Crippen molar-refractivity contribution in [3.63, 3.8) is 0 Å². The van der Waals surface area contributed by atoms with E-state index in [1.54, 1.807) is 0 Å². The third-order valence-corrected chi connectivity index (χ3v) is 3.47. The molecule has 0 aliphatic heterocycles. The Hall–Kier alpha value is -0.170. The lowest BCUT2D eigenvalue weighted by Crippen LogP contribution is -2.02. The summed E-state index contributed by atoms with van der Waals surface area (Å²) in [6.45, 7) is 6.47. The highest BCUT2D eigenvalue weighted by Gasteiger charge is 2.03. The Morgan fingerprint density at radius 1 is 1.00 bits per heavy atom. The standard InChI is InChI=1S/C15H29ClO/c1-3-5-6-7-8-9-10-11-12-15(16)13-14-17-4-2/h4,15H,2-3,5-14H2,1H3. The van der Waals surface area contributed by atoms with Crippen LogP contribution in [0.3, 0.4) is 0 Å². The summed E-state index contributed by atoms with van der Waals surface area (Å²) in [7, 11) is 0. The highest BCUT2D eigenvalue weighted by molar-refractivity contribution is 6.20. The fourth-order valence-corrected chi connectivity index (χ4v) is 2.17. The summed E-state index contributed by atoms with van der Waals surface area (Å²) in [5.74, 6) is 0. The molecule has 1 unspecified atom stereocenters. The normalized spacial score (nSPS) is 12.4. The van der Waals surface area contributed by atoms with Crippen molar-refractivity contribution in [2.75, 3.05) is 6.61 Å². The van der Waals surface area contributed by atoms with Crippen molar-refractivity contribution in [1.82, 2.24) is 0 Å². The van der Waals surface area contributed by atoms with E-state index in [0.717, 1.165) is 12.8 Å². The molecule has 0 bridgehead atoms. The number of alkyl halides is 1. The fraction of sp³-hybridized carbons (Fsp3) is 0.867. The number of halogens is 1. The van der Waals surface area contributed by atoms with E-state index in [4.69, 9.17) is 16.3 Å². The highest BCUT2D eigenvalue weighted by atomic mass is 35.5. The van der Waals surface area contributed by atoms with Gasteiger partial charge in [0.05, 0.1) is 12.9 Å². The molecule has 0 amide bonds. The van der Waals surface area contributed by atoms with Crippen LogP contribution in [0.15, 0.2) is 12.8 Å². The highest BCUT2D eigenvalue weighted by Crippen LogP contribution is 2.15. The molecule has 0 saturated carbocycles. The maximum Gasteiger partial charge on any atom is 0.0887 e. The lowest BCUT2D eigenvalue weighted by molar-refractivity contribution is 0.243. The summed E-state index contributed by atoms with van der Waals surface area (Å²) < 4.78 is 5.07. The minimum Gasteiger partial charge on any atom is -0.502 e. The molecule has 17 heavy (non-hydrogen) atoms. The smallest absolute Gasteiger partial charge is 0.0887 e. The predicted molar refractivity (Wildman–Crippen MR) is 77.6 cm³/mol. The number of rotatable bonds is 13. The molecule has 0 aromatic carbocycles. The Bertz CT molecular complexity index is 159. The minimum atomic E-state index is 0.273. The molecule has 1 nitrogen and oxygen atoms in total. The first-order chi connectivity index (χ1) is 8.31. The first-order valence-electron chi connectivity index (χ1n) is 7.17. The van der Waals surface area contributed by atoms with Crippen LogP contribution in [0.2, 0.25) is 0 Å². The van der Waals surface area contributed by atoms with Gasteiger partial charge in [-0.15, -0.1) is 11.6 Å². The van der Waals surface area contributed by atoms with Crippen LogP contribution < -0.4 is 0 Å². The van der Waals surface area contributed by atoms with Gasteiger partial charge in [0.15, 0.2) is 0 Å². The fourth-order valence-electron chi connectivity index (χ4n) is 1.92. The second-order valence-electron chi connectivity index (χ2n) is 4.69. The van der Waals surface area contributed by atoms with E-state index in [-0.39, 0.29) is 5.38 Å². The monoisotopic (exact) mass is 260 g/mol. The van der Waals surface area contributed by atoms with E-state index < -0.39 is 0 Å². The lowest BCUT2D eigenvalue weighted by Gasteiger charge is -2.08. The summed E-state index contributed by atoms with van der Waals surface area (Å²) >= 11 is 6.18. The molecule has 0 aliphatic carbocycles. The minimum absolute atomic E-state index is 0.273. The number of unbranched alkanes of at least 4 members (excludes halogenated alkanes) is 7. The van der Waals surface area contributed by atoms with Gasteiger partial charge in [-0.25, -0.2) is 0 Å². The van der Waals surface area contributed by atoms with Gasteiger partial charge < -0.3 is 4.74 Å². The summed E-state index contributed by atoms with van der Waals surface area (Å²) in [4.78, 5) is 0. The van der Waals surface area contributed by atoms with Crippen molar-refractivity contribution < 1.29 is 4.74 Å². The maximum absolute atomic E-state index is 6.18. The molecule has 102 valence electrons. The molecule has 0 rings (SSSR count). The molecule has 0 aromatic rings. The summed E-state index contributed by atoms with van der Waals surface area (Å²) in [6.07, 6.45) is 14.4. The average Bonchev–Trinajstić information content (AvgIpc) is 2.33. The average molecular weight is 261 g/mol. The summed E-state index contributed by atoms with van der Waals surface area (Å²) in [5.41, 5.74) is 0. The van der Waals surface area contributed by atoms with Crippen LogP contribution in [0.25, 0.3) is 0 Å². The molecule has 2 heteroatoms. The van der Waals surface area contributed by atoms with Crippen molar-refractivity contribution in [3.8, 4) is 0 Å². The zero-order chi connectivity index (χ0) is 12.8. The van der Waals surface area contributed by atoms with Crippen LogP contribution in [0.5, 0.6) is 0 Å². The zero-order valence-corrected chi connectivity index (χ0v) is 12.2. The van der Waals surface area contributed by atoms with Gasteiger partial charge in [-0.05, 0) is 12.8 Å².